The van der Waals surface area contributed by atoms with E-state index in [4.69, 9.17) is 0 Å². The number of hydrogen-bond donors (Lipinski definition) is 1. The minimum absolute atomic E-state index is 0.0463. The zero-order valence-corrected chi connectivity index (χ0v) is 11.3. The molecular weight excluding hydrogens is 230 g/mol. The maximum atomic E-state index is 12.0. The predicted molar refractivity (Wildman–Crippen MR) is 69.0 cm³/mol. The second-order valence-electron chi connectivity index (χ2n) is 5.29. The van der Waals surface area contributed by atoms with Crippen LogP contribution in [-0.2, 0) is 9.59 Å². The van der Waals surface area contributed by atoms with Crippen molar-refractivity contribution in [1.82, 2.24) is 15.1 Å². The molecular formula is C13H23N3O2. The molecule has 2 aliphatic heterocycles. The van der Waals surface area contributed by atoms with E-state index in [0.717, 1.165) is 25.9 Å². The van der Waals surface area contributed by atoms with Crippen LogP contribution in [0, 0.1) is 5.92 Å². The van der Waals surface area contributed by atoms with Crippen LogP contribution in [0.3, 0.4) is 0 Å². The Morgan fingerprint density at radius 2 is 2.28 bits per heavy atom. The lowest BCUT2D eigenvalue weighted by molar-refractivity contribution is -0.146. The van der Waals surface area contributed by atoms with E-state index in [1.165, 1.54) is 0 Å². The number of fused-ring (bicyclic) bond motifs is 1. The number of carbonyl (C=O) groups excluding carboxylic acids is 2. The Morgan fingerprint density at radius 3 is 3.00 bits per heavy atom. The van der Waals surface area contributed by atoms with Gasteiger partial charge in [-0.2, -0.15) is 0 Å². The number of carbonyl (C=O) groups is 2. The van der Waals surface area contributed by atoms with E-state index < -0.39 is 0 Å². The molecule has 1 N–H and O–H groups in total. The van der Waals surface area contributed by atoms with Gasteiger partial charge in [0, 0.05) is 26.1 Å². The van der Waals surface area contributed by atoms with E-state index in [2.05, 4.69) is 5.32 Å². The first-order valence-corrected chi connectivity index (χ1v) is 6.87. The summed E-state index contributed by atoms with van der Waals surface area (Å²) in [5.41, 5.74) is 0. The second-order valence-corrected chi connectivity index (χ2v) is 5.29. The van der Waals surface area contributed by atoms with Crippen LogP contribution in [0.4, 0.5) is 0 Å². The van der Waals surface area contributed by atoms with Crippen LogP contribution in [0.2, 0.25) is 0 Å². The van der Waals surface area contributed by atoms with Crippen molar-refractivity contribution < 1.29 is 9.59 Å². The zero-order chi connectivity index (χ0) is 13.1. The summed E-state index contributed by atoms with van der Waals surface area (Å²) in [6.07, 6.45) is 2.52. The van der Waals surface area contributed by atoms with Crippen LogP contribution in [-0.4, -0.2) is 60.9 Å². The van der Waals surface area contributed by atoms with Gasteiger partial charge in [0.15, 0.2) is 0 Å². The summed E-state index contributed by atoms with van der Waals surface area (Å²) in [5.74, 6) is 0.720. The molecule has 0 saturated carbocycles. The lowest BCUT2D eigenvalue weighted by Gasteiger charge is -2.44. The molecule has 0 aromatic rings. The summed E-state index contributed by atoms with van der Waals surface area (Å²) in [6, 6.07) is 0.265. The van der Waals surface area contributed by atoms with Crippen LogP contribution >= 0.6 is 0 Å². The second kappa shape index (κ2) is 5.69. The van der Waals surface area contributed by atoms with Crippen molar-refractivity contribution in [1.29, 1.82) is 0 Å². The Kier molecular flexibility index (Phi) is 4.22. The first-order valence-electron chi connectivity index (χ1n) is 6.87. The van der Waals surface area contributed by atoms with Crippen molar-refractivity contribution in [3.8, 4) is 0 Å². The van der Waals surface area contributed by atoms with Crippen molar-refractivity contribution in [2.75, 3.05) is 33.2 Å². The van der Waals surface area contributed by atoms with E-state index in [9.17, 15) is 9.59 Å². The number of hydrogen-bond acceptors (Lipinski definition) is 3. The molecule has 2 fully saturated rings. The number of nitrogens with zero attached hydrogens (tertiary/aromatic N) is 2. The van der Waals surface area contributed by atoms with E-state index >= 15 is 0 Å². The van der Waals surface area contributed by atoms with E-state index in [0.29, 0.717) is 18.9 Å². The predicted octanol–water partition coefficient (Wildman–Crippen LogP) is 0.0652. The topological polar surface area (TPSA) is 52.7 Å². The highest BCUT2D eigenvalue weighted by Crippen LogP contribution is 2.28. The normalized spacial score (nSPS) is 27.9. The van der Waals surface area contributed by atoms with Crippen LogP contribution in [0.1, 0.15) is 26.2 Å². The molecule has 5 heteroatoms. The van der Waals surface area contributed by atoms with Gasteiger partial charge in [-0.3, -0.25) is 9.59 Å². The quantitative estimate of drug-likeness (QED) is 0.774. The van der Waals surface area contributed by atoms with Gasteiger partial charge in [-0.05, 0) is 38.8 Å². The Balaban J connectivity index is 2.03. The van der Waals surface area contributed by atoms with Gasteiger partial charge in [0.25, 0.3) is 0 Å². The number of likely N-dealkylation sites (tertiary alicyclic amines) is 1. The number of piperidine rings is 2. The van der Waals surface area contributed by atoms with Gasteiger partial charge in [-0.15, -0.1) is 0 Å². The van der Waals surface area contributed by atoms with E-state index in [-0.39, 0.29) is 24.4 Å². The lowest BCUT2D eigenvalue weighted by atomic mass is 9.84. The molecule has 2 rings (SSSR count). The average Bonchev–Trinajstić information content (AvgIpc) is 2.41. The largest absolute Gasteiger partial charge is 0.345 e. The van der Waals surface area contributed by atoms with Gasteiger partial charge in [0.05, 0.1) is 0 Å². The third kappa shape index (κ3) is 2.66. The standard InChI is InChI=1S/C13H23N3O2/c1-3-15(2)13(18)9-16-11-6-7-14-8-10(11)4-5-12(16)17/h10-11,14H,3-9H2,1-2H3. The van der Waals surface area contributed by atoms with Crippen LogP contribution in [0.25, 0.3) is 0 Å². The van der Waals surface area contributed by atoms with E-state index in [1.54, 1.807) is 11.9 Å². The van der Waals surface area contributed by atoms with Gasteiger partial charge in [0.1, 0.15) is 6.54 Å². The SMILES string of the molecule is CCN(C)C(=O)CN1C(=O)CCC2CNCCC21. The molecule has 2 atom stereocenters. The highest BCUT2D eigenvalue weighted by molar-refractivity contribution is 5.85. The lowest BCUT2D eigenvalue weighted by Crippen LogP contribution is -2.57. The molecule has 0 spiro atoms. The molecule has 102 valence electrons. The molecule has 2 unspecified atom stereocenters. The van der Waals surface area contributed by atoms with Crippen molar-refractivity contribution in [2.24, 2.45) is 5.92 Å². The number of likely N-dealkylation sites (N-methyl/N-ethyl adjacent to an activating group) is 1. The molecule has 0 radical (unpaired) electrons. The average molecular weight is 253 g/mol. The van der Waals surface area contributed by atoms with Gasteiger partial charge in [-0.25, -0.2) is 0 Å². The molecule has 2 aliphatic rings. The minimum Gasteiger partial charge on any atom is -0.345 e. The first-order chi connectivity index (χ1) is 8.63. The maximum Gasteiger partial charge on any atom is 0.241 e. The third-order valence-corrected chi connectivity index (χ3v) is 4.22. The van der Waals surface area contributed by atoms with Crippen molar-refractivity contribution in [2.45, 2.75) is 32.2 Å². The summed E-state index contributed by atoms with van der Waals surface area (Å²) >= 11 is 0. The molecule has 0 aliphatic carbocycles. The summed E-state index contributed by atoms with van der Waals surface area (Å²) < 4.78 is 0. The fourth-order valence-electron chi connectivity index (χ4n) is 2.90. The summed E-state index contributed by atoms with van der Waals surface area (Å²) in [5, 5.41) is 3.37. The molecule has 2 saturated heterocycles. The highest BCUT2D eigenvalue weighted by atomic mass is 16.2. The van der Waals surface area contributed by atoms with Gasteiger partial charge in [0.2, 0.25) is 11.8 Å². The Morgan fingerprint density at radius 1 is 1.50 bits per heavy atom. The Labute approximate surface area is 108 Å². The molecule has 2 heterocycles. The summed E-state index contributed by atoms with van der Waals surface area (Å²) in [4.78, 5) is 27.5. The number of amides is 2. The highest BCUT2D eigenvalue weighted by Gasteiger charge is 2.38. The van der Waals surface area contributed by atoms with Crippen LogP contribution < -0.4 is 5.32 Å². The maximum absolute atomic E-state index is 12.0. The monoisotopic (exact) mass is 253 g/mol. The summed E-state index contributed by atoms with van der Waals surface area (Å²) in [6.45, 7) is 4.82. The number of nitrogens with one attached hydrogen (secondary N) is 1. The molecule has 0 aromatic carbocycles. The first kappa shape index (κ1) is 13.3. The van der Waals surface area contributed by atoms with Gasteiger partial charge >= 0.3 is 0 Å². The molecule has 18 heavy (non-hydrogen) atoms. The smallest absolute Gasteiger partial charge is 0.241 e. The third-order valence-electron chi connectivity index (χ3n) is 4.22. The molecule has 0 bridgehead atoms. The molecule has 2 amide bonds. The van der Waals surface area contributed by atoms with E-state index in [1.807, 2.05) is 11.8 Å². The van der Waals surface area contributed by atoms with Crippen LogP contribution in [0.15, 0.2) is 0 Å². The fourth-order valence-corrected chi connectivity index (χ4v) is 2.90. The van der Waals surface area contributed by atoms with Gasteiger partial charge < -0.3 is 15.1 Å². The van der Waals surface area contributed by atoms with Crippen LogP contribution in [0.5, 0.6) is 0 Å². The minimum atomic E-state index is 0.0463. The van der Waals surface area contributed by atoms with Crippen molar-refractivity contribution in [3.05, 3.63) is 0 Å². The number of rotatable bonds is 3. The van der Waals surface area contributed by atoms with Crippen molar-refractivity contribution in [3.63, 3.8) is 0 Å². The molecule has 0 aromatic heterocycles. The summed E-state index contributed by atoms with van der Waals surface area (Å²) in [7, 11) is 1.79. The van der Waals surface area contributed by atoms with Crippen molar-refractivity contribution >= 4 is 11.8 Å². The zero-order valence-electron chi connectivity index (χ0n) is 11.3. The Hall–Kier alpha value is -1.10. The fraction of sp³-hybridized carbons (Fsp3) is 0.846. The molecule has 5 nitrogen and oxygen atoms in total. The van der Waals surface area contributed by atoms with Gasteiger partial charge in [-0.1, -0.05) is 0 Å². The Bertz CT molecular complexity index is 330.